The highest BCUT2D eigenvalue weighted by molar-refractivity contribution is 9.10. The van der Waals surface area contributed by atoms with Crippen molar-refractivity contribution in [3.05, 3.63) is 75.7 Å². The van der Waals surface area contributed by atoms with Gasteiger partial charge in [-0.15, -0.1) is 5.11 Å². The van der Waals surface area contributed by atoms with E-state index in [0.29, 0.717) is 28.1 Å². The molecular formula is C20H15BrClN3O3S. The molecular weight excluding hydrogens is 478 g/mol. The van der Waals surface area contributed by atoms with Gasteiger partial charge in [-0.25, -0.2) is 8.42 Å². The highest BCUT2D eigenvalue weighted by atomic mass is 79.9. The summed E-state index contributed by atoms with van der Waals surface area (Å²) in [6.45, 7) is 0.423. The summed E-state index contributed by atoms with van der Waals surface area (Å²) in [5.74, 6) is -0.0787. The number of hydrogen-bond donors (Lipinski definition) is 1. The number of nitrogens with zero attached hydrogens (tertiary/aromatic N) is 3. The van der Waals surface area contributed by atoms with Crippen LogP contribution >= 0.6 is 27.5 Å². The SMILES string of the molecule is O=S(=O)(c1ccc(N=Nc2cc(Cl)cc(Br)c2O)cc1)N1CCc2ccccc21. The Labute approximate surface area is 181 Å². The van der Waals surface area contributed by atoms with Crippen molar-refractivity contribution in [2.75, 3.05) is 10.8 Å². The van der Waals surface area contributed by atoms with Crippen LogP contribution in [0.15, 0.2) is 80.3 Å². The van der Waals surface area contributed by atoms with Gasteiger partial charge in [-0.05, 0) is 70.4 Å². The maximum atomic E-state index is 13.0. The van der Waals surface area contributed by atoms with E-state index in [2.05, 4.69) is 26.2 Å². The lowest BCUT2D eigenvalue weighted by Gasteiger charge is -2.19. The summed E-state index contributed by atoms with van der Waals surface area (Å²) < 4.78 is 27.9. The van der Waals surface area contributed by atoms with Crippen LogP contribution in [0.4, 0.5) is 17.1 Å². The molecule has 0 radical (unpaired) electrons. The van der Waals surface area contributed by atoms with E-state index < -0.39 is 10.0 Å². The topological polar surface area (TPSA) is 82.3 Å². The van der Waals surface area contributed by atoms with Crippen LogP contribution in [-0.2, 0) is 16.4 Å². The molecule has 0 spiro atoms. The van der Waals surface area contributed by atoms with Crippen LogP contribution < -0.4 is 4.31 Å². The predicted octanol–water partition coefficient (Wildman–Crippen LogP) is 5.97. The second-order valence-corrected chi connectivity index (χ2v) is 9.56. The zero-order chi connectivity index (χ0) is 20.6. The van der Waals surface area contributed by atoms with Crippen molar-refractivity contribution in [3.63, 3.8) is 0 Å². The largest absolute Gasteiger partial charge is 0.505 e. The lowest BCUT2D eigenvalue weighted by Crippen LogP contribution is -2.29. The molecule has 0 aromatic heterocycles. The first-order valence-corrected chi connectivity index (χ1v) is 11.3. The molecule has 0 amide bonds. The summed E-state index contributed by atoms with van der Waals surface area (Å²) >= 11 is 9.15. The van der Waals surface area contributed by atoms with Crippen molar-refractivity contribution >= 4 is 54.6 Å². The second kappa shape index (κ2) is 7.78. The van der Waals surface area contributed by atoms with Crippen LogP contribution in [-0.4, -0.2) is 20.1 Å². The fraction of sp³-hybridized carbons (Fsp3) is 0.100. The zero-order valence-corrected chi connectivity index (χ0v) is 18.1. The summed E-state index contributed by atoms with van der Waals surface area (Å²) in [6, 6.07) is 16.7. The summed E-state index contributed by atoms with van der Waals surface area (Å²) in [7, 11) is -3.66. The van der Waals surface area contributed by atoms with Gasteiger partial charge in [0.2, 0.25) is 0 Å². The molecule has 1 aliphatic rings. The standard InChI is InChI=1S/C20H15BrClN3O3S/c21-17-11-14(22)12-18(20(17)26)24-23-15-5-7-16(8-6-15)29(27,28)25-10-9-13-3-1-2-4-19(13)25/h1-8,11-12,26H,9-10H2. The fourth-order valence-corrected chi connectivity index (χ4v) is 5.41. The third-order valence-corrected chi connectivity index (χ3v) is 7.20. The summed E-state index contributed by atoms with van der Waals surface area (Å²) in [6.07, 6.45) is 0.695. The minimum absolute atomic E-state index is 0.0787. The number of para-hydroxylation sites is 1. The normalized spacial score (nSPS) is 13.8. The van der Waals surface area contributed by atoms with Gasteiger partial charge in [-0.1, -0.05) is 29.8 Å². The van der Waals surface area contributed by atoms with Crippen LogP contribution in [0.3, 0.4) is 0 Å². The maximum Gasteiger partial charge on any atom is 0.264 e. The van der Waals surface area contributed by atoms with Crippen LogP contribution in [0, 0.1) is 0 Å². The molecule has 148 valence electrons. The molecule has 0 unspecified atom stereocenters. The van der Waals surface area contributed by atoms with Crippen molar-refractivity contribution in [1.82, 2.24) is 0 Å². The Morgan fingerprint density at radius 1 is 1.03 bits per heavy atom. The number of benzene rings is 3. The quantitative estimate of drug-likeness (QED) is 0.455. The molecule has 0 atom stereocenters. The van der Waals surface area contributed by atoms with E-state index in [1.807, 2.05) is 24.3 Å². The first kappa shape index (κ1) is 19.9. The molecule has 4 rings (SSSR count). The van der Waals surface area contributed by atoms with Gasteiger partial charge in [0.15, 0.2) is 5.75 Å². The molecule has 0 saturated heterocycles. The Balaban J connectivity index is 1.59. The first-order valence-electron chi connectivity index (χ1n) is 8.67. The number of phenols is 1. The Morgan fingerprint density at radius 3 is 2.52 bits per heavy atom. The minimum atomic E-state index is -3.66. The molecule has 29 heavy (non-hydrogen) atoms. The van der Waals surface area contributed by atoms with E-state index in [1.165, 1.54) is 22.5 Å². The average molecular weight is 493 g/mol. The molecule has 0 aliphatic carbocycles. The third-order valence-electron chi connectivity index (χ3n) is 4.55. The number of rotatable bonds is 4. The van der Waals surface area contributed by atoms with E-state index in [4.69, 9.17) is 11.6 Å². The van der Waals surface area contributed by atoms with Crippen molar-refractivity contribution in [2.45, 2.75) is 11.3 Å². The number of fused-ring (bicyclic) bond motifs is 1. The lowest BCUT2D eigenvalue weighted by atomic mass is 10.2. The van der Waals surface area contributed by atoms with Crippen molar-refractivity contribution < 1.29 is 13.5 Å². The molecule has 6 nitrogen and oxygen atoms in total. The maximum absolute atomic E-state index is 13.0. The van der Waals surface area contributed by atoms with Gasteiger partial charge in [-0.3, -0.25) is 4.31 Å². The molecule has 3 aromatic carbocycles. The van der Waals surface area contributed by atoms with E-state index >= 15 is 0 Å². The number of azo groups is 1. The van der Waals surface area contributed by atoms with E-state index in [9.17, 15) is 13.5 Å². The fourth-order valence-electron chi connectivity index (χ4n) is 3.11. The van der Waals surface area contributed by atoms with Gasteiger partial charge in [0.25, 0.3) is 10.0 Å². The molecule has 1 heterocycles. The average Bonchev–Trinajstić information content (AvgIpc) is 3.15. The molecule has 9 heteroatoms. The molecule has 3 aromatic rings. The Morgan fingerprint density at radius 2 is 1.76 bits per heavy atom. The number of phenolic OH excluding ortho intramolecular Hbond substituents is 1. The summed E-state index contributed by atoms with van der Waals surface area (Å²) in [5, 5.41) is 18.5. The van der Waals surface area contributed by atoms with Crippen molar-refractivity contribution in [3.8, 4) is 5.75 Å². The van der Waals surface area contributed by atoms with Crippen LogP contribution in [0.5, 0.6) is 5.75 Å². The number of anilines is 1. The molecule has 1 aliphatic heterocycles. The van der Waals surface area contributed by atoms with E-state index in [1.54, 1.807) is 18.2 Å². The number of sulfonamides is 1. The lowest BCUT2D eigenvalue weighted by molar-refractivity contribution is 0.473. The van der Waals surface area contributed by atoms with Gasteiger partial charge in [0.1, 0.15) is 5.69 Å². The first-order chi connectivity index (χ1) is 13.9. The number of aromatic hydroxyl groups is 1. The molecule has 1 N–H and O–H groups in total. The Hall–Kier alpha value is -2.42. The molecule has 0 fully saturated rings. The molecule has 0 bridgehead atoms. The Bertz CT molecular complexity index is 1210. The van der Waals surface area contributed by atoms with Gasteiger partial charge in [0.05, 0.1) is 20.7 Å². The van der Waals surface area contributed by atoms with Gasteiger partial charge in [0, 0.05) is 11.6 Å². The van der Waals surface area contributed by atoms with Crippen LogP contribution in [0.25, 0.3) is 0 Å². The van der Waals surface area contributed by atoms with Crippen molar-refractivity contribution in [1.29, 1.82) is 0 Å². The predicted molar refractivity (Wildman–Crippen MR) is 116 cm³/mol. The highest BCUT2D eigenvalue weighted by Gasteiger charge is 2.30. The van der Waals surface area contributed by atoms with Crippen LogP contribution in [0.2, 0.25) is 5.02 Å². The van der Waals surface area contributed by atoms with E-state index in [-0.39, 0.29) is 16.3 Å². The van der Waals surface area contributed by atoms with Crippen molar-refractivity contribution in [2.24, 2.45) is 10.2 Å². The smallest absolute Gasteiger partial charge is 0.264 e. The third kappa shape index (κ3) is 3.88. The minimum Gasteiger partial charge on any atom is -0.505 e. The Kier molecular flexibility index (Phi) is 5.33. The van der Waals surface area contributed by atoms with Crippen LogP contribution in [0.1, 0.15) is 5.56 Å². The van der Waals surface area contributed by atoms with Gasteiger partial charge in [-0.2, -0.15) is 5.11 Å². The summed E-state index contributed by atoms with van der Waals surface area (Å²) in [4.78, 5) is 0.182. The highest BCUT2D eigenvalue weighted by Crippen LogP contribution is 2.38. The number of hydrogen-bond acceptors (Lipinski definition) is 5. The summed E-state index contributed by atoms with van der Waals surface area (Å²) in [5.41, 5.74) is 2.39. The second-order valence-electron chi connectivity index (χ2n) is 6.41. The van der Waals surface area contributed by atoms with Gasteiger partial charge >= 0.3 is 0 Å². The zero-order valence-electron chi connectivity index (χ0n) is 15.0. The number of halogens is 2. The van der Waals surface area contributed by atoms with E-state index in [0.717, 1.165) is 11.3 Å². The van der Waals surface area contributed by atoms with Gasteiger partial charge < -0.3 is 5.11 Å². The monoisotopic (exact) mass is 491 g/mol. The molecule has 0 saturated carbocycles.